The molecule has 3 bridgehead atoms. The van der Waals surface area contributed by atoms with E-state index in [1.54, 1.807) is 48.5 Å². The van der Waals surface area contributed by atoms with Crippen LogP contribution in [0.3, 0.4) is 0 Å². The van der Waals surface area contributed by atoms with Gasteiger partial charge in [-0.05, 0) is 77.3 Å². The molecule has 2 aliphatic carbocycles. The molecule has 3 aromatic rings. The minimum absolute atomic E-state index is 0.0428. The summed E-state index contributed by atoms with van der Waals surface area (Å²) in [5.74, 6) is -2.25. The molecule has 0 aromatic heterocycles. The number of carboxylic acids is 1. The van der Waals surface area contributed by atoms with Gasteiger partial charge in [-0.25, -0.2) is 0 Å². The van der Waals surface area contributed by atoms with Gasteiger partial charge in [0, 0.05) is 16.6 Å². The molecule has 0 aliphatic heterocycles. The standard InChI is InChI=1S/C28H27Cl2NO4/c29-22-5-1-3-17(13-22)24(32)15-31-28(26(33)19-4-2-6-23(30)14-19)21-10-9-16-7-8-18(11-20(16)12-21)25(28)27(34)35/h1-8,11,13-14,21,24-26,31-33H,9-10,12,15H2,(H,34,35). The van der Waals surface area contributed by atoms with Gasteiger partial charge in [0.1, 0.15) is 5.92 Å². The Labute approximate surface area is 214 Å². The Morgan fingerprint density at radius 1 is 0.971 bits per heavy atom. The number of hydrogen-bond donors (Lipinski definition) is 4. The molecular weight excluding hydrogens is 485 g/mol. The van der Waals surface area contributed by atoms with Gasteiger partial charge in [-0.2, -0.15) is 0 Å². The van der Waals surface area contributed by atoms with Crippen LogP contribution in [0.5, 0.6) is 0 Å². The maximum Gasteiger partial charge on any atom is 0.313 e. The first-order valence-electron chi connectivity index (χ1n) is 11.8. The molecule has 0 radical (unpaired) electrons. The maximum atomic E-state index is 12.9. The average Bonchev–Trinajstić information content (AvgIpc) is 2.87. The molecule has 182 valence electrons. The second-order valence-electron chi connectivity index (χ2n) is 9.58. The Kier molecular flexibility index (Phi) is 6.64. The molecule has 5 unspecified atom stereocenters. The van der Waals surface area contributed by atoms with Crippen molar-refractivity contribution in [3.63, 3.8) is 0 Å². The number of benzene rings is 3. The fourth-order valence-corrected chi connectivity index (χ4v) is 6.40. The topological polar surface area (TPSA) is 89.8 Å². The summed E-state index contributed by atoms with van der Waals surface area (Å²) in [6.45, 7) is 0.0428. The van der Waals surface area contributed by atoms with Crippen LogP contribution in [0, 0.1) is 5.92 Å². The Bertz CT molecular complexity index is 1270. The largest absolute Gasteiger partial charge is 0.481 e. The number of aliphatic carboxylic acids is 1. The zero-order valence-electron chi connectivity index (χ0n) is 19.0. The number of hydrogen-bond acceptors (Lipinski definition) is 4. The number of fused-ring (bicyclic) bond motifs is 2. The third kappa shape index (κ3) is 4.37. The molecule has 5 atom stereocenters. The van der Waals surface area contributed by atoms with Crippen molar-refractivity contribution in [3.8, 4) is 0 Å². The number of aryl methyl sites for hydroxylation is 1. The summed E-state index contributed by atoms with van der Waals surface area (Å²) in [5.41, 5.74) is 2.86. The van der Waals surface area contributed by atoms with E-state index in [9.17, 15) is 20.1 Å². The monoisotopic (exact) mass is 511 g/mol. The van der Waals surface area contributed by atoms with Gasteiger partial charge in [-0.1, -0.05) is 65.7 Å². The number of nitrogens with one attached hydrogen (secondary N) is 1. The first kappa shape index (κ1) is 24.3. The molecule has 0 amide bonds. The third-order valence-electron chi connectivity index (χ3n) is 7.64. The third-order valence-corrected chi connectivity index (χ3v) is 8.11. The summed E-state index contributed by atoms with van der Waals surface area (Å²) in [5, 5.41) is 37.9. The summed E-state index contributed by atoms with van der Waals surface area (Å²) in [6, 6.07) is 19.7. The van der Waals surface area contributed by atoms with Crippen LogP contribution < -0.4 is 5.32 Å². The molecule has 0 heterocycles. The van der Waals surface area contributed by atoms with Crippen LogP contribution in [-0.2, 0) is 17.6 Å². The fraction of sp³-hybridized carbons (Fsp3) is 0.321. The summed E-state index contributed by atoms with van der Waals surface area (Å²) in [6.07, 6.45) is 0.0261. The Hall–Kier alpha value is -2.41. The van der Waals surface area contributed by atoms with Crippen molar-refractivity contribution in [2.45, 2.75) is 42.9 Å². The summed E-state index contributed by atoms with van der Waals surface area (Å²) in [7, 11) is 0. The van der Waals surface area contributed by atoms with Crippen LogP contribution >= 0.6 is 23.2 Å². The minimum atomic E-state index is -1.29. The van der Waals surface area contributed by atoms with Crippen LogP contribution in [0.4, 0.5) is 0 Å². The first-order valence-corrected chi connectivity index (χ1v) is 12.5. The molecule has 3 aromatic carbocycles. The van der Waals surface area contributed by atoms with E-state index in [4.69, 9.17) is 23.2 Å². The van der Waals surface area contributed by atoms with Crippen molar-refractivity contribution in [2.75, 3.05) is 6.54 Å². The zero-order chi connectivity index (χ0) is 24.7. The van der Waals surface area contributed by atoms with E-state index in [1.807, 2.05) is 18.2 Å². The highest BCUT2D eigenvalue weighted by Gasteiger charge is 2.56. The number of carbonyl (C=O) groups is 1. The Morgan fingerprint density at radius 2 is 1.66 bits per heavy atom. The normalized spacial score (nSPS) is 24.6. The van der Waals surface area contributed by atoms with Crippen molar-refractivity contribution in [3.05, 3.63) is 105 Å². The number of aliphatic hydroxyl groups excluding tert-OH is 2. The van der Waals surface area contributed by atoms with E-state index < -0.39 is 29.6 Å². The Morgan fingerprint density at radius 3 is 2.34 bits per heavy atom. The van der Waals surface area contributed by atoms with Crippen molar-refractivity contribution in [1.82, 2.24) is 5.32 Å². The second-order valence-corrected chi connectivity index (χ2v) is 10.5. The molecule has 2 aliphatic rings. The van der Waals surface area contributed by atoms with E-state index in [-0.39, 0.29) is 12.5 Å². The number of β-amino-alcohol motifs (C(OH)–C–C–N with tert-alkyl or cyclic N) is 1. The first-order chi connectivity index (χ1) is 16.8. The summed E-state index contributed by atoms with van der Waals surface area (Å²) >= 11 is 12.4. The highest BCUT2D eigenvalue weighted by atomic mass is 35.5. The highest BCUT2D eigenvalue weighted by molar-refractivity contribution is 6.30. The predicted octanol–water partition coefficient (Wildman–Crippen LogP) is 5.08. The van der Waals surface area contributed by atoms with Gasteiger partial charge in [0.05, 0.1) is 17.7 Å². The number of aliphatic hydroxyl groups is 2. The predicted molar refractivity (Wildman–Crippen MR) is 136 cm³/mol. The van der Waals surface area contributed by atoms with Crippen LogP contribution in [0.1, 0.15) is 52.4 Å². The lowest BCUT2D eigenvalue weighted by Gasteiger charge is -2.49. The molecule has 35 heavy (non-hydrogen) atoms. The van der Waals surface area contributed by atoms with E-state index >= 15 is 0 Å². The quantitative estimate of drug-likeness (QED) is 0.355. The van der Waals surface area contributed by atoms with Crippen LogP contribution in [0.25, 0.3) is 0 Å². The van der Waals surface area contributed by atoms with Crippen LogP contribution in [0.2, 0.25) is 10.0 Å². The maximum absolute atomic E-state index is 12.9. The van der Waals surface area contributed by atoms with Crippen molar-refractivity contribution in [1.29, 1.82) is 0 Å². The molecular formula is C28H27Cl2NO4. The number of carboxylic acid groups (broad SMARTS) is 1. The van der Waals surface area contributed by atoms with Crippen molar-refractivity contribution < 1.29 is 20.1 Å². The fourth-order valence-electron chi connectivity index (χ4n) is 6.00. The van der Waals surface area contributed by atoms with Gasteiger partial charge < -0.3 is 20.6 Å². The minimum Gasteiger partial charge on any atom is -0.481 e. The molecule has 0 spiro atoms. The lowest BCUT2D eigenvalue weighted by molar-refractivity contribution is -0.145. The molecule has 0 saturated carbocycles. The molecule has 7 heteroatoms. The van der Waals surface area contributed by atoms with Gasteiger partial charge >= 0.3 is 5.97 Å². The molecule has 4 N–H and O–H groups in total. The Balaban J connectivity index is 1.63. The smallest absolute Gasteiger partial charge is 0.313 e. The highest BCUT2D eigenvalue weighted by Crippen LogP contribution is 2.51. The second kappa shape index (κ2) is 9.57. The van der Waals surface area contributed by atoms with E-state index in [1.165, 1.54) is 5.56 Å². The van der Waals surface area contributed by atoms with Crippen molar-refractivity contribution in [2.24, 2.45) is 5.92 Å². The summed E-state index contributed by atoms with van der Waals surface area (Å²) < 4.78 is 0. The molecule has 0 saturated heterocycles. The molecule has 0 fully saturated rings. The van der Waals surface area contributed by atoms with E-state index in [0.29, 0.717) is 39.6 Å². The van der Waals surface area contributed by atoms with Gasteiger partial charge in [0.25, 0.3) is 0 Å². The SMILES string of the molecule is O=C(O)C1c2ccc3c(c2)CC(CC3)C1(NCC(O)c1cccc(Cl)c1)C(O)c1cccc(Cl)c1. The number of rotatable bonds is 7. The molecule has 5 nitrogen and oxygen atoms in total. The van der Waals surface area contributed by atoms with Crippen LogP contribution in [-0.4, -0.2) is 33.4 Å². The van der Waals surface area contributed by atoms with Crippen molar-refractivity contribution >= 4 is 29.2 Å². The van der Waals surface area contributed by atoms with E-state index in [0.717, 1.165) is 12.0 Å². The van der Waals surface area contributed by atoms with Gasteiger partial charge in [-0.3, -0.25) is 4.79 Å². The summed E-state index contributed by atoms with van der Waals surface area (Å²) in [4.78, 5) is 12.9. The van der Waals surface area contributed by atoms with E-state index in [2.05, 4.69) is 5.32 Å². The van der Waals surface area contributed by atoms with Gasteiger partial charge in [0.15, 0.2) is 0 Å². The lowest BCUT2D eigenvalue weighted by Crippen LogP contribution is -2.62. The van der Waals surface area contributed by atoms with Gasteiger partial charge in [0.2, 0.25) is 0 Å². The zero-order valence-corrected chi connectivity index (χ0v) is 20.5. The van der Waals surface area contributed by atoms with Gasteiger partial charge in [-0.15, -0.1) is 0 Å². The number of halogens is 2. The molecule has 5 rings (SSSR count). The average molecular weight is 512 g/mol. The van der Waals surface area contributed by atoms with Crippen LogP contribution in [0.15, 0.2) is 66.7 Å². The lowest BCUT2D eigenvalue weighted by atomic mass is 9.64.